The Morgan fingerprint density at radius 2 is 1.51 bits per heavy atom. The maximum Gasteiger partial charge on any atom is 0.237 e. The van der Waals surface area contributed by atoms with Crippen LogP contribution in [0.15, 0.2) is 94.6 Å². The fourth-order valence-corrected chi connectivity index (χ4v) is 4.54. The van der Waals surface area contributed by atoms with E-state index in [9.17, 15) is 0 Å². The van der Waals surface area contributed by atoms with Crippen molar-refractivity contribution >= 4 is 11.8 Å². The molecule has 7 nitrogen and oxygen atoms in total. The zero-order valence-corrected chi connectivity index (χ0v) is 20.2. The minimum Gasteiger partial charge on any atom is -0.494 e. The first-order valence-electron chi connectivity index (χ1n) is 11.5. The Morgan fingerprint density at radius 3 is 2.20 bits per heavy atom. The number of ether oxygens (including phenoxy) is 1. The zero-order valence-electron chi connectivity index (χ0n) is 19.4. The van der Waals surface area contributed by atoms with Gasteiger partial charge in [0.1, 0.15) is 11.6 Å². The molecule has 5 aromatic rings. The van der Waals surface area contributed by atoms with Gasteiger partial charge >= 0.3 is 0 Å². The summed E-state index contributed by atoms with van der Waals surface area (Å²) in [5.41, 5.74) is 3.29. The van der Waals surface area contributed by atoms with Crippen LogP contribution in [-0.4, -0.2) is 31.5 Å². The predicted molar refractivity (Wildman–Crippen MR) is 135 cm³/mol. The topological polar surface area (TPSA) is 78.9 Å². The lowest BCUT2D eigenvalue weighted by Gasteiger charge is -2.11. The highest BCUT2D eigenvalue weighted by molar-refractivity contribution is 7.98. The maximum atomic E-state index is 5.61. The van der Waals surface area contributed by atoms with E-state index in [1.54, 1.807) is 0 Å². The molecule has 3 aromatic carbocycles. The molecule has 0 saturated heterocycles. The van der Waals surface area contributed by atoms with Gasteiger partial charge in [-0.05, 0) is 42.3 Å². The van der Waals surface area contributed by atoms with Crippen molar-refractivity contribution in [1.82, 2.24) is 24.9 Å². The van der Waals surface area contributed by atoms with E-state index in [1.807, 2.05) is 67.6 Å². The molecule has 8 heteroatoms. The molecule has 0 fully saturated rings. The van der Waals surface area contributed by atoms with Gasteiger partial charge in [0.25, 0.3) is 0 Å². The normalized spacial score (nSPS) is 11.0. The molecule has 0 aliphatic heterocycles. The second-order valence-electron chi connectivity index (χ2n) is 7.88. The van der Waals surface area contributed by atoms with Crippen molar-refractivity contribution in [3.63, 3.8) is 0 Å². The third kappa shape index (κ3) is 5.78. The molecule has 0 aliphatic carbocycles. The number of aromatic nitrogens is 5. The number of nitrogens with zero attached hydrogens (tertiary/aromatic N) is 5. The number of benzene rings is 3. The first kappa shape index (κ1) is 22.9. The summed E-state index contributed by atoms with van der Waals surface area (Å²) < 4.78 is 13.2. The van der Waals surface area contributed by atoms with Crippen molar-refractivity contribution in [2.75, 3.05) is 6.61 Å². The van der Waals surface area contributed by atoms with E-state index in [4.69, 9.17) is 9.26 Å². The lowest BCUT2D eigenvalue weighted by atomic mass is 10.1. The minimum atomic E-state index is 0.502. The lowest BCUT2D eigenvalue weighted by Crippen LogP contribution is -2.04. The highest BCUT2D eigenvalue weighted by atomic mass is 32.2. The fourth-order valence-electron chi connectivity index (χ4n) is 3.73. The third-order valence-electron chi connectivity index (χ3n) is 5.35. The van der Waals surface area contributed by atoms with Crippen LogP contribution in [0.3, 0.4) is 0 Å². The van der Waals surface area contributed by atoms with Crippen LogP contribution in [0, 0.1) is 0 Å². The smallest absolute Gasteiger partial charge is 0.237 e. The van der Waals surface area contributed by atoms with Crippen molar-refractivity contribution in [3.8, 4) is 11.4 Å². The Kier molecular flexibility index (Phi) is 7.19. The van der Waals surface area contributed by atoms with E-state index >= 15 is 0 Å². The highest BCUT2D eigenvalue weighted by Gasteiger charge is 2.17. The first-order valence-corrected chi connectivity index (χ1v) is 12.5. The van der Waals surface area contributed by atoms with Crippen molar-refractivity contribution < 1.29 is 9.26 Å². The molecule has 0 amide bonds. The Morgan fingerprint density at radius 1 is 0.829 bits per heavy atom. The summed E-state index contributed by atoms with van der Waals surface area (Å²) in [6.07, 6.45) is 1.31. The van der Waals surface area contributed by atoms with Gasteiger partial charge in [-0.2, -0.15) is 4.98 Å². The van der Waals surface area contributed by atoms with E-state index in [0.717, 1.165) is 28.0 Å². The van der Waals surface area contributed by atoms with Crippen LogP contribution in [0.5, 0.6) is 5.75 Å². The molecule has 5 rings (SSSR count). The number of thioether (sulfide) groups is 1. The van der Waals surface area contributed by atoms with Gasteiger partial charge in [-0.15, -0.1) is 10.2 Å². The second kappa shape index (κ2) is 11.0. The molecule has 0 radical (unpaired) electrons. The molecule has 0 bridgehead atoms. The Balaban J connectivity index is 1.36. The molecule has 0 saturated carbocycles. The Labute approximate surface area is 208 Å². The number of hydrogen-bond donors (Lipinski definition) is 0. The molecule has 0 aliphatic rings. The van der Waals surface area contributed by atoms with Crippen LogP contribution in [0.1, 0.15) is 35.6 Å². The Bertz CT molecular complexity index is 1350. The molecule has 176 valence electrons. The summed E-state index contributed by atoms with van der Waals surface area (Å²) in [6.45, 7) is 2.60. The quantitative estimate of drug-likeness (QED) is 0.242. The summed E-state index contributed by atoms with van der Waals surface area (Å²) in [4.78, 5) is 4.56. The number of rotatable bonds is 10. The summed E-state index contributed by atoms with van der Waals surface area (Å²) in [7, 11) is 0. The van der Waals surface area contributed by atoms with Crippen LogP contribution in [0.4, 0.5) is 0 Å². The third-order valence-corrected chi connectivity index (χ3v) is 6.27. The largest absolute Gasteiger partial charge is 0.494 e. The molecule has 0 unspecified atom stereocenters. The van der Waals surface area contributed by atoms with Gasteiger partial charge in [0.2, 0.25) is 5.89 Å². The van der Waals surface area contributed by atoms with Crippen molar-refractivity contribution in [1.29, 1.82) is 0 Å². The summed E-state index contributed by atoms with van der Waals surface area (Å²) >= 11 is 1.52. The predicted octanol–water partition coefficient (Wildman–Crippen LogP) is 5.52. The van der Waals surface area contributed by atoms with Gasteiger partial charge in [-0.1, -0.05) is 77.6 Å². The van der Waals surface area contributed by atoms with E-state index < -0.39 is 0 Å². The van der Waals surface area contributed by atoms with Gasteiger partial charge < -0.3 is 9.26 Å². The van der Waals surface area contributed by atoms with Crippen molar-refractivity contribution in [2.24, 2.45) is 0 Å². The van der Waals surface area contributed by atoms with E-state index in [0.29, 0.717) is 36.9 Å². The van der Waals surface area contributed by atoms with Crippen molar-refractivity contribution in [3.05, 3.63) is 114 Å². The monoisotopic (exact) mass is 483 g/mol. The fraction of sp³-hybridized carbons (Fsp3) is 0.185. The summed E-state index contributed by atoms with van der Waals surface area (Å²) in [6, 6.07) is 28.4. The van der Waals surface area contributed by atoms with Crippen molar-refractivity contribution in [2.45, 2.75) is 30.7 Å². The van der Waals surface area contributed by atoms with Crippen LogP contribution in [0.25, 0.3) is 5.69 Å². The Hall–Kier alpha value is -3.91. The minimum absolute atomic E-state index is 0.502. The van der Waals surface area contributed by atoms with E-state index in [-0.39, 0.29) is 0 Å². The zero-order chi connectivity index (χ0) is 23.9. The molecular weight excluding hydrogens is 458 g/mol. The number of hydrogen-bond acceptors (Lipinski definition) is 7. The SMILES string of the molecule is CCOc1ccc(-n2c(Cc3ccccc3)nnc2SCc2nc(Cc3ccccc3)no2)cc1. The van der Waals surface area contributed by atoms with Crippen LogP contribution < -0.4 is 4.74 Å². The van der Waals surface area contributed by atoms with Gasteiger partial charge in [0.15, 0.2) is 11.0 Å². The maximum absolute atomic E-state index is 5.61. The van der Waals surface area contributed by atoms with Gasteiger partial charge in [0, 0.05) is 18.5 Å². The lowest BCUT2D eigenvalue weighted by molar-refractivity contribution is 0.340. The molecule has 0 N–H and O–H groups in total. The van der Waals surface area contributed by atoms with Gasteiger partial charge in [-0.3, -0.25) is 4.57 Å². The van der Waals surface area contributed by atoms with Gasteiger partial charge in [0.05, 0.1) is 12.4 Å². The summed E-state index contributed by atoms with van der Waals surface area (Å²) in [5.74, 6) is 3.43. The van der Waals surface area contributed by atoms with Crippen LogP contribution >= 0.6 is 11.8 Å². The van der Waals surface area contributed by atoms with Crippen LogP contribution in [0.2, 0.25) is 0 Å². The standard InChI is InChI=1S/C27H25N5O2S/c1-2-33-23-15-13-22(14-16-23)32-25(18-21-11-7-4-8-12-21)29-30-27(32)35-19-26-28-24(31-34-26)17-20-9-5-3-6-10-20/h3-16H,2,17-19H2,1H3. The highest BCUT2D eigenvalue weighted by Crippen LogP contribution is 2.27. The molecule has 0 spiro atoms. The molecule has 2 heterocycles. The molecular formula is C27H25N5O2S. The summed E-state index contributed by atoms with van der Waals surface area (Å²) in [5, 5.41) is 13.9. The van der Waals surface area contributed by atoms with E-state index in [2.05, 4.69) is 49.2 Å². The average Bonchev–Trinajstić information content (AvgIpc) is 3.51. The molecule has 2 aromatic heterocycles. The van der Waals surface area contributed by atoms with E-state index in [1.165, 1.54) is 17.3 Å². The van der Waals surface area contributed by atoms with Crippen LogP contribution in [-0.2, 0) is 18.6 Å². The second-order valence-corrected chi connectivity index (χ2v) is 8.82. The molecule has 35 heavy (non-hydrogen) atoms. The average molecular weight is 484 g/mol. The molecule has 0 atom stereocenters. The first-order chi connectivity index (χ1) is 17.3. The van der Waals surface area contributed by atoms with Gasteiger partial charge in [-0.25, -0.2) is 0 Å².